The number of aromatic nitrogens is 2. The van der Waals surface area contributed by atoms with Gasteiger partial charge in [-0.1, -0.05) is 0 Å². The molecule has 0 amide bonds. The number of hydrogen-bond donors (Lipinski definition) is 0. The molecule has 0 N–H and O–H groups in total. The van der Waals surface area contributed by atoms with Crippen LogP contribution in [0.25, 0.3) is 0 Å². The normalized spacial score (nSPS) is 9.92. The lowest BCUT2D eigenvalue weighted by molar-refractivity contribution is 0.901. The van der Waals surface area contributed by atoms with Gasteiger partial charge in [-0.15, -0.1) is 11.6 Å². The summed E-state index contributed by atoms with van der Waals surface area (Å²) >= 11 is 5.58. The molecule has 0 aromatic carbocycles. The van der Waals surface area contributed by atoms with Gasteiger partial charge in [0, 0.05) is 31.9 Å². The van der Waals surface area contributed by atoms with Crippen LogP contribution in [0.15, 0.2) is 12.4 Å². The highest BCUT2D eigenvalue weighted by molar-refractivity contribution is 6.18. The standard InChI is InChI=1S/C8H12ClN3/c1-7-5-10-8(11-6-7)12(2)4-3-9/h5-6H,3-4H2,1-2H3. The second-order valence-corrected chi connectivity index (χ2v) is 3.05. The highest BCUT2D eigenvalue weighted by Gasteiger charge is 2.00. The zero-order chi connectivity index (χ0) is 8.97. The maximum Gasteiger partial charge on any atom is 0.225 e. The number of hydrogen-bond acceptors (Lipinski definition) is 3. The van der Waals surface area contributed by atoms with Crippen molar-refractivity contribution in [1.29, 1.82) is 0 Å². The molecule has 3 nitrogen and oxygen atoms in total. The van der Waals surface area contributed by atoms with Gasteiger partial charge in [0.25, 0.3) is 0 Å². The predicted octanol–water partition coefficient (Wildman–Crippen LogP) is 1.46. The first kappa shape index (κ1) is 9.26. The number of anilines is 1. The van der Waals surface area contributed by atoms with E-state index < -0.39 is 0 Å². The number of halogens is 1. The molecular formula is C8H12ClN3. The fourth-order valence-electron chi connectivity index (χ4n) is 0.810. The van der Waals surface area contributed by atoms with Gasteiger partial charge in [0.05, 0.1) is 0 Å². The van der Waals surface area contributed by atoms with Crippen molar-refractivity contribution in [3.8, 4) is 0 Å². The molecular weight excluding hydrogens is 174 g/mol. The van der Waals surface area contributed by atoms with Gasteiger partial charge in [-0.05, 0) is 12.5 Å². The Morgan fingerprint density at radius 2 is 2.00 bits per heavy atom. The highest BCUT2D eigenvalue weighted by Crippen LogP contribution is 2.03. The van der Waals surface area contributed by atoms with E-state index in [4.69, 9.17) is 11.6 Å². The van der Waals surface area contributed by atoms with E-state index in [1.807, 2.05) is 18.9 Å². The molecule has 0 spiro atoms. The van der Waals surface area contributed by atoms with Crippen molar-refractivity contribution in [2.75, 3.05) is 24.4 Å². The number of aryl methyl sites for hydroxylation is 1. The van der Waals surface area contributed by atoms with Gasteiger partial charge < -0.3 is 4.90 Å². The lowest BCUT2D eigenvalue weighted by Crippen LogP contribution is -2.21. The summed E-state index contributed by atoms with van der Waals surface area (Å²) in [5.74, 6) is 1.31. The third-order valence-corrected chi connectivity index (χ3v) is 1.70. The molecule has 0 radical (unpaired) electrons. The van der Waals surface area contributed by atoms with Crippen LogP contribution in [-0.4, -0.2) is 29.4 Å². The van der Waals surface area contributed by atoms with E-state index in [0.29, 0.717) is 5.88 Å². The summed E-state index contributed by atoms with van der Waals surface area (Å²) in [6, 6.07) is 0. The van der Waals surface area contributed by atoms with Crippen LogP contribution in [0.1, 0.15) is 5.56 Å². The molecule has 0 unspecified atom stereocenters. The smallest absolute Gasteiger partial charge is 0.225 e. The van der Waals surface area contributed by atoms with Crippen molar-refractivity contribution in [3.63, 3.8) is 0 Å². The van der Waals surface area contributed by atoms with Crippen LogP contribution in [0.5, 0.6) is 0 Å². The molecule has 1 aromatic rings. The Morgan fingerprint density at radius 1 is 1.42 bits per heavy atom. The molecule has 0 fully saturated rings. The maximum absolute atomic E-state index is 5.58. The first-order valence-corrected chi connectivity index (χ1v) is 4.33. The highest BCUT2D eigenvalue weighted by atomic mass is 35.5. The summed E-state index contributed by atoms with van der Waals surface area (Å²) in [6.45, 7) is 2.73. The molecule has 0 saturated heterocycles. The molecule has 0 aliphatic heterocycles. The summed E-state index contributed by atoms with van der Waals surface area (Å²) in [7, 11) is 1.92. The third-order valence-electron chi connectivity index (χ3n) is 1.53. The fourth-order valence-corrected chi connectivity index (χ4v) is 1.06. The molecule has 0 saturated carbocycles. The minimum absolute atomic E-state index is 0.591. The first-order chi connectivity index (χ1) is 5.74. The number of rotatable bonds is 3. The van der Waals surface area contributed by atoms with E-state index in [9.17, 15) is 0 Å². The number of nitrogens with zero attached hydrogens (tertiary/aromatic N) is 3. The Balaban J connectivity index is 2.68. The molecule has 0 atom stereocenters. The van der Waals surface area contributed by atoms with Gasteiger partial charge in [-0.2, -0.15) is 0 Å². The monoisotopic (exact) mass is 185 g/mol. The Labute approximate surface area is 77.4 Å². The average Bonchev–Trinajstić information content (AvgIpc) is 2.06. The van der Waals surface area contributed by atoms with Crippen LogP contribution in [0.2, 0.25) is 0 Å². The van der Waals surface area contributed by atoms with Gasteiger partial charge in [0.1, 0.15) is 0 Å². The summed E-state index contributed by atoms with van der Waals surface area (Å²) < 4.78 is 0. The van der Waals surface area contributed by atoms with Crippen LogP contribution >= 0.6 is 11.6 Å². The van der Waals surface area contributed by atoms with Crippen LogP contribution < -0.4 is 4.90 Å². The van der Waals surface area contributed by atoms with Crippen LogP contribution in [0.3, 0.4) is 0 Å². The summed E-state index contributed by atoms with van der Waals surface area (Å²) in [4.78, 5) is 10.2. The topological polar surface area (TPSA) is 29.0 Å². The van der Waals surface area contributed by atoms with Crippen LogP contribution in [-0.2, 0) is 0 Å². The fraction of sp³-hybridized carbons (Fsp3) is 0.500. The number of alkyl halides is 1. The molecule has 4 heteroatoms. The predicted molar refractivity (Wildman–Crippen MR) is 50.8 cm³/mol. The summed E-state index contributed by atoms with van der Waals surface area (Å²) in [5.41, 5.74) is 1.07. The van der Waals surface area contributed by atoms with Gasteiger partial charge in [-0.3, -0.25) is 0 Å². The van der Waals surface area contributed by atoms with E-state index in [-0.39, 0.29) is 0 Å². The largest absolute Gasteiger partial charge is 0.343 e. The molecule has 1 aromatic heterocycles. The van der Waals surface area contributed by atoms with Crippen LogP contribution in [0.4, 0.5) is 5.95 Å². The molecule has 0 bridgehead atoms. The van der Waals surface area contributed by atoms with E-state index in [0.717, 1.165) is 18.1 Å². The SMILES string of the molecule is Cc1cnc(N(C)CCCl)nc1. The van der Waals surface area contributed by atoms with E-state index in [1.54, 1.807) is 12.4 Å². The molecule has 66 valence electrons. The zero-order valence-electron chi connectivity index (χ0n) is 7.29. The second kappa shape index (κ2) is 4.26. The van der Waals surface area contributed by atoms with Crippen molar-refractivity contribution in [2.45, 2.75) is 6.92 Å². The Bertz CT molecular complexity index is 235. The zero-order valence-corrected chi connectivity index (χ0v) is 8.04. The van der Waals surface area contributed by atoms with Gasteiger partial charge in [0.15, 0.2) is 0 Å². The van der Waals surface area contributed by atoms with Gasteiger partial charge in [-0.25, -0.2) is 9.97 Å². The van der Waals surface area contributed by atoms with E-state index in [2.05, 4.69) is 9.97 Å². The summed E-state index contributed by atoms with van der Waals surface area (Å²) in [6.07, 6.45) is 3.60. The van der Waals surface area contributed by atoms with Crippen molar-refractivity contribution in [2.24, 2.45) is 0 Å². The van der Waals surface area contributed by atoms with E-state index >= 15 is 0 Å². The molecule has 1 rings (SSSR count). The van der Waals surface area contributed by atoms with Crippen molar-refractivity contribution < 1.29 is 0 Å². The quantitative estimate of drug-likeness (QED) is 0.668. The lowest BCUT2D eigenvalue weighted by atomic mass is 10.4. The Kier molecular flexibility index (Phi) is 3.29. The maximum atomic E-state index is 5.58. The minimum Gasteiger partial charge on any atom is -0.343 e. The summed E-state index contributed by atoms with van der Waals surface area (Å²) in [5, 5.41) is 0. The van der Waals surface area contributed by atoms with E-state index in [1.165, 1.54) is 0 Å². The van der Waals surface area contributed by atoms with Crippen LogP contribution in [0, 0.1) is 6.92 Å². The average molecular weight is 186 g/mol. The Hall–Kier alpha value is -0.830. The van der Waals surface area contributed by atoms with Gasteiger partial charge in [0.2, 0.25) is 5.95 Å². The lowest BCUT2D eigenvalue weighted by Gasteiger charge is -2.14. The Morgan fingerprint density at radius 3 is 2.50 bits per heavy atom. The van der Waals surface area contributed by atoms with Crippen molar-refractivity contribution >= 4 is 17.5 Å². The third kappa shape index (κ3) is 2.34. The molecule has 1 heterocycles. The van der Waals surface area contributed by atoms with Crippen molar-refractivity contribution in [1.82, 2.24) is 9.97 Å². The molecule has 0 aliphatic rings. The minimum atomic E-state index is 0.591. The first-order valence-electron chi connectivity index (χ1n) is 3.80. The molecule has 0 aliphatic carbocycles. The van der Waals surface area contributed by atoms with Gasteiger partial charge >= 0.3 is 0 Å². The second-order valence-electron chi connectivity index (χ2n) is 2.67. The molecule has 12 heavy (non-hydrogen) atoms. The van der Waals surface area contributed by atoms with Crippen molar-refractivity contribution in [3.05, 3.63) is 18.0 Å².